The van der Waals surface area contributed by atoms with Gasteiger partial charge in [0.05, 0.1) is 7.11 Å². The first-order chi connectivity index (χ1) is 7.83. The van der Waals surface area contributed by atoms with Gasteiger partial charge in [-0.2, -0.15) is 0 Å². The number of hydrogen-bond donors (Lipinski definition) is 1. The first-order valence-corrected chi connectivity index (χ1v) is 5.73. The molecule has 0 fully saturated rings. The van der Waals surface area contributed by atoms with Crippen molar-refractivity contribution in [2.24, 2.45) is 0 Å². The van der Waals surface area contributed by atoms with Gasteiger partial charge in [0.15, 0.2) is 0 Å². The highest BCUT2D eigenvalue weighted by molar-refractivity contribution is 6.30. The first kappa shape index (κ1) is 13.8. The molecule has 94 valence electrons. The number of rotatable bonds is 3. The summed E-state index contributed by atoms with van der Waals surface area (Å²) in [5, 5.41) is 2.07. The minimum absolute atomic E-state index is 0.230. The first-order valence-electron chi connectivity index (χ1n) is 5.29. The Hall–Kier alpha value is -1.29. The molecule has 1 aromatic rings. The normalized spacial score (nSPS) is 13.0. The number of methoxy groups -OCH3 is 1. The molecule has 0 aliphatic rings. The van der Waals surface area contributed by atoms with Gasteiger partial charge in [-0.25, -0.2) is 4.98 Å². The Kier molecular flexibility index (Phi) is 4.34. The summed E-state index contributed by atoms with van der Waals surface area (Å²) >= 11 is 6.07. The highest BCUT2D eigenvalue weighted by Gasteiger charge is 2.22. The van der Waals surface area contributed by atoms with Crippen molar-refractivity contribution in [2.45, 2.75) is 31.7 Å². The van der Waals surface area contributed by atoms with Crippen LogP contribution in [0.25, 0.3) is 0 Å². The van der Waals surface area contributed by atoms with Crippen molar-refractivity contribution in [3.63, 3.8) is 0 Å². The Labute approximate surface area is 106 Å². The van der Waals surface area contributed by atoms with Gasteiger partial charge in [-0.15, -0.1) is 11.6 Å². The standard InChI is InChI=1S/C12H17ClN2O2/c1-12(2,3)15-11(16)10(13)8-5-6-9(17-4)14-7-8/h5-7,10H,1-4H3,(H,15,16). The van der Waals surface area contributed by atoms with Crippen molar-refractivity contribution >= 4 is 17.5 Å². The van der Waals surface area contributed by atoms with Crippen molar-refractivity contribution < 1.29 is 9.53 Å². The summed E-state index contributed by atoms with van der Waals surface area (Å²) in [6, 6.07) is 3.40. The number of halogens is 1. The number of nitrogens with zero attached hydrogens (tertiary/aromatic N) is 1. The highest BCUT2D eigenvalue weighted by Crippen LogP contribution is 2.22. The molecule has 0 spiro atoms. The Morgan fingerprint density at radius 2 is 2.12 bits per heavy atom. The minimum Gasteiger partial charge on any atom is -0.481 e. The molecule has 0 saturated carbocycles. The summed E-state index contributed by atoms with van der Waals surface area (Å²) in [6.45, 7) is 5.71. The van der Waals surface area contributed by atoms with Gasteiger partial charge in [-0.3, -0.25) is 4.79 Å². The number of hydrogen-bond acceptors (Lipinski definition) is 3. The molecule has 0 aliphatic carbocycles. The van der Waals surface area contributed by atoms with Crippen molar-refractivity contribution in [3.05, 3.63) is 23.9 Å². The summed E-state index contributed by atoms with van der Waals surface area (Å²) in [4.78, 5) is 15.8. The fourth-order valence-corrected chi connectivity index (χ4v) is 1.43. The van der Waals surface area contributed by atoms with E-state index in [2.05, 4.69) is 10.3 Å². The van der Waals surface area contributed by atoms with E-state index in [4.69, 9.17) is 16.3 Å². The molecule has 0 aromatic carbocycles. The largest absolute Gasteiger partial charge is 0.481 e. The van der Waals surface area contributed by atoms with Crippen LogP contribution in [0.3, 0.4) is 0 Å². The van der Waals surface area contributed by atoms with Crippen LogP contribution in [-0.2, 0) is 4.79 Å². The van der Waals surface area contributed by atoms with E-state index in [1.165, 1.54) is 7.11 Å². The van der Waals surface area contributed by atoms with E-state index < -0.39 is 5.38 Å². The third-order valence-corrected chi connectivity index (χ3v) is 2.44. The average Bonchev–Trinajstić information content (AvgIpc) is 2.26. The summed E-state index contributed by atoms with van der Waals surface area (Å²) in [5.41, 5.74) is 0.346. The lowest BCUT2D eigenvalue weighted by molar-refractivity contribution is -0.122. The molecule has 17 heavy (non-hydrogen) atoms. The quantitative estimate of drug-likeness (QED) is 0.845. The maximum absolute atomic E-state index is 11.8. The summed E-state index contributed by atoms with van der Waals surface area (Å²) < 4.78 is 4.94. The molecule has 0 aliphatic heterocycles. The lowest BCUT2D eigenvalue weighted by atomic mass is 10.1. The Bertz CT molecular complexity index is 384. The molecule has 1 atom stereocenters. The molecule has 4 nitrogen and oxygen atoms in total. The highest BCUT2D eigenvalue weighted by atomic mass is 35.5. The van der Waals surface area contributed by atoms with Gasteiger partial charge in [-0.1, -0.05) is 6.07 Å². The Balaban J connectivity index is 2.74. The second kappa shape index (κ2) is 5.36. The number of aromatic nitrogens is 1. The molecule has 1 N–H and O–H groups in total. The number of pyridine rings is 1. The Morgan fingerprint density at radius 1 is 1.47 bits per heavy atom. The zero-order valence-electron chi connectivity index (χ0n) is 10.5. The van der Waals surface area contributed by atoms with Crippen molar-refractivity contribution in [1.82, 2.24) is 10.3 Å². The van der Waals surface area contributed by atoms with Crippen LogP contribution in [0.2, 0.25) is 0 Å². The van der Waals surface area contributed by atoms with E-state index >= 15 is 0 Å². The molecule has 1 heterocycles. The summed E-state index contributed by atoms with van der Waals surface area (Å²) in [7, 11) is 1.53. The number of alkyl halides is 1. The lowest BCUT2D eigenvalue weighted by Crippen LogP contribution is -2.42. The third-order valence-electron chi connectivity index (χ3n) is 1.99. The topological polar surface area (TPSA) is 51.2 Å². The smallest absolute Gasteiger partial charge is 0.243 e. The van der Waals surface area contributed by atoms with Crippen LogP contribution in [0, 0.1) is 0 Å². The summed E-state index contributed by atoms with van der Waals surface area (Å²) in [6.07, 6.45) is 1.54. The van der Waals surface area contributed by atoms with E-state index in [-0.39, 0.29) is 11.4 Å². The number of amides is 1. The van der Waals surface area contributed by atoms with Crippen LogP contribution in [-0.4, -0.2) is 23.5 Å². The van der Waals surface area contributed by atoms with Gasteiger partial charge < -0.3 is 10.1 Å². The predicted molar refractivity (Wildman–Crippen MR) is 67.3 cm³/mol. The number of nitrogens with one attached hydrogen (secondary N) is 1. The van der Waals surface area contributed by atoms with E-state index in [0.29, 0.717) is 11.4 Å². The molecular formula is C12H17ClN2O2. The molecule has 1 unspecified atom stereocenters. The van der Waals surface area contributed by atoms with Gasteiger partial charge in [0.2, 0.25) is 11.8 Å². The fraction of sp³-hybridized carbons (Fsp3) is 0.500. The molecule has 1 rings (SSSR count). The lowest BCUT2D eigenvalue weighted by Gasteiger charge is -2.22. The van der Waals surface area contributed by atoms with Crippen molar-refractivity contribution in [1.29, 1.82) is 0 Å². The zero-order chi connectivity index (χ0) is 13.1. The number of carbonyl (C=O) groups is 1. The second-order valence-electron chi connectivity index (χ2n) is 4.74. The van der Waals surface area contributed by atoms with Gasteiger partial charge >= 0.3 is 0 Å². The third kappa shape index (κ3) is 4.23. The van der Waals surface area contributed by atoms with Crippen LogP contribution in [0.5, 0.6) is 5.88 Å². The van der Waals surface area contributed by atoms with Gasteiger partial charge in [0.1, 0.15) is 5.38 Å². The SMILES string of the molecule is COc1ccc(C(Cl)C(=O)NC(C)(C)C)cn1. The van der Waals surface area contributed by atoms with Crippen LogP contribution >= 0.6 is 11.6 Å². The van der Waals surface area contributed by atoms with Crippen LogP contribution in [0.4, 0.5) is 0 Å². The summed E-state index contributed by atoms with van der Waals surface area (Å²) in [5.74, 6) is 0.264. The van der Waals surface area contributed by atoms with E-state index in [0.717, 1.165) is 0 Å². The molecule has 5 heteroatoms. The average molecular weight is 257 g/mol. The molecule has 1 aromatic heterocycles. The van der Waals surface area contributed by atoms with Gasteiger partial charge in [0.25, 0.3) is 0 Å². The second-order valence-corrected chi connectivity index (χ2v) is 5.17. The molecular weight excluding hydrogens is 240 g/mol. The maximum Gasteiger partial charge on any atom is 0.243 e. The van der Waals surface area contributed by atoms with E-state index in [1.807, 2.05) is 20.8 Å². The minimum atomic E-state index is -0.743. The van der Waals surface area contributed by atoms with E-state index in [1.54, 1.807) is 18.3 Å². The van der Waals surface area contributed by atoms with Crippen molar-refractivity contribution in [2.75, 3.05) is 7.11 Å². The van der Waals surface area contributed by atoms with Gasteiger partial charge in [-0.05, 0) is 26.3 Å². The number of ether oxygens (including phenoxy) is 1. The predicted octanol–water partition coefficient (Wildman–Crippen LogP) is 2.28. The van der Waals surface area contributed by atoms with Crippen molar-refractivity contribution in [3.8, 4) is 5.88 Å². The molecule has 0 bridgehead atoms. The van der Waals surface area contributed by atoms with Crippen LogP contribution in [0.15, 0.2) is 18.3 Å². The van der Waals surface area contributed by atoms with Crippen LogP contribution < -0.4 is 10.1 Å². The fourth-order valence-electron chi connectivity index (χ4n) is 1.25. The Morgan fingerprint density at radius 3 is 2.53 bits per heavy atom. The van der Waals surface area contributed by atoms with E-state index in [9.17, 15) is 4.79 Å². The molecule has 0 saturated heterocycles. The monoisotopic (exact) mass is 256 g/mol. The number of carbonyl (C=O) groups excluding carboxylic acids is 1. The molecule has 0 radical (unpaired) electrons. The van der Waals surface area contributed by atoms with Crippen LogP contribution in [0.1, 0.15) is 31.7 Å². The maximum atomic E-state index is 11.8. The molecule has 1 amide bonds. The zero-order valence-corrected chi connectivity index (χ0v) is 11.2. The van der Waals surface area contributed by atoms with Gasteiger partial charge in [0, 0.05) is 17.8 Å².